The Labute approximate surface area is 129 Å². The van der Waals surface area contributed by atoms with Gasteiger partial charge in [0.05, 0.1) is 5.75 Å². The number of rotatable bonds is 6. The summed E-state index contributed by atoms with van der Waals surface area (Å²) in [4.78, 5) is 14.6. The molecule has 1 aromatic heterocycles. The van der Waals surface area contributed by atoms with Crippen LogP contribution in [0.15, 0.2) is 35.3 Å². The van der Waals surface area contributed by atoms with Gasteiger partial charge >= 0.3 is 0 Å². The third-order valence-corrected chi connectivity index (χ3v) is 4.48. The van der Waals surface area contributed by atoms with Crippen LogP contribution in [-0.2, 0) is 10.0 Å². The first-order valence-corrected chi connectivity index (χ1v) is 8.86. The molecule has 2 atom stereocenters. The maximum Gasteiger partial charge on any atom is 0.255 e. The summed E-state index contributed by atoms with van der Waals surface area (Å²) >= 11 is 0. The predicted molar refractivity (Wildman–Crippen MR) is 88.2 cm³/mol. The predicted octanol–water partition coefficient (Wildman–Crippen LogP) is 1.25. The van der Waals surface area contributed by atoms with Gasteiger partial charge in [0.1, 0.15) is 0 Å². The molecule has 0 spiro atoms. The lowest BCUT2D eigenvalue weighted by molar-refractivity contribution is 0.468. The fraction of sp³-hybridized carbons (Fsp3) is 0.400. The minimum atomic E-state index is -3.45. The Morgan fingerprint density at radius 1 is 1.23 bits per heavy atom. The van der Waals surface area contributed by atoms with Crippen LogP contribution in [0.2, 0.25) is 0 Å². The molecule has 2 unspecified atom stereocenters. The number of sulfonamides is 1. The van der Waals surface area contributed by atoms with E-state index in [1.54, 1.807) is 12.3 Å². The average Bonchev–Trinajstić information content (AvgIpc) is 2.45. The maximum atomic E-state index is 11.8. The van der Waals surface area contributed by atoms with E-state index in [2.05, 4.69) is 10.3 Å². The van der Waals surface area contributed by atoms with Crippen molar-refractivity contribution < 1.29 is 8.42 Å². The number of benzene rings is 1. The Hall–Kier alpha value is -1.70. The van der Waals surface area contributed by atoms with Crippen LogP contribution >= 0.6 is 0 Å². The van der Waals surface area contributed by atoms with E-state index < -0.39 is 10.0 Å². The average molecular weight is 323 g/mol. The van der Waals surface area contributed by atoms with E-state index in [4.69, 9.17) is 5.14 Å². The van der Waals surface area contributed by atoms with Crippen molar-refractivity contribution in [1.29, 1.82) is 0 Å². The maximum absolute atomic E-state index is 11.8. The molecule has 120 valence electrons. The minimum absolute atomic E-state index is 0.0148. The second kappa shape index (κ2) is 6.60. The molecular weight excluding hydrogens is 302 g/mol. The topological polar surface area (TPSA) is 105 Å². The van der Waals surface area contributed by atoms with Crippen LogP contribution in [0.3, 0.4) is 0 Å². The van der Waals surface area contributed by atoms with Gasteiger partial charge in [-0.15, -0.1) is 0 Å². The first kappa shape index (κ1) is 16.7. The first-order valence-electron chi connectivity index (χ1n) is 7.15. The quantitative estimate of drug-likeness (QED) is 0.744. The fourth-order valence-corrected chi connectivity index (χ4v) is 3.21. The molecule has 0 radical (unpaired) electrons. The summed E-state index contributed by atoms with van der Waals surface area (Å²) in [6, 6.07) is 7.37. The van der Waals surface area contributed by atoms with Crippen LogP contribution in [-0.4, -0.2) is 25.2 Å². The number of hydrogen-bond acceptors (Lipinski definition) is 4. The van der Waals surface area contributed by atoms with Gasteiger partial charge in [-0.3, -0.25) is 4.79 Å². The number of hydrogen-bond donors (Lipinski definition) is 3. The van der Waals surface area contributed by atoms with E-state index in [1.165, 1.54) is 0 Å². The normalized spacial score (nSPS) is 14.9. The fourth-order valence-electron chi connectivity index (χ4n) is 2.53. The van der Waals surface area contributed by atoms with Gasteiger partial charge in [0.25, 0.3) is 5.56 Å². The highest BCUT2D eigenvalue weighted by Crippen LogP contribution is 2.21. The van der Waals surface area contributed by atoms with E-state index in [0.717, 1.165) is 10.9 Å². The van der Waals surface area contributed by atoms with Crippen molar-refractivity contribution in [1.82, 2.24) is 10.3 Å². The molecule has 6 nitrogen and oxygen atoms in total. The van der Waals surface area contributed by atoms with Crippen molar-refractivity contribution in [2.24, 2.45) is 5.14 Å². The number of nitrogens with two attached hydrogens (primary N) is 1. The molecule has 4 N–H and O–H groups in total. The van der Waals surface area contributed by atoms with Gasteiger partial charge in [0.2, 0.25) is 10.0 Å². The Morgan fingerprint density at radius 3 is 2.50 bits per heavy atom. The van der Waals surface area contributed by atoms with E-state index in [-0.39, 0.29) is 23.4 Å². The molecular formula is C15H21N3O3S. The van der Waals surface area contributed by atoms with Crippen LogP contribution < -0.4 is 16.0 Å². The second-order valence-electron chi connectivity index (χ2n) is 5.56. The van der Waals surface area contributed by atoms with Gasteiger partial charge in [0, 0.05) is 23.7 Å². The number of H-pyrrole nitrogens is 1. The van der Waals surface area contributed by atoms with Gasteiger partial charge in [0.15, 0.2) is 0 Å². The van der Waals surface area contributed by atoms with E-state index in [1.807, 2.05) is 32.0 Å². The van der Waals surface area contributed by atoms with E-state index in [0.29, 0.717) is 11.8 Å². The zero-order chi connectivity index (χ0) is 16.3. The molecule has 0 amide bonds. The third kappa shape index (κ3) is 4.16. The lowest BCUT2D eigenvalue weighted by atomic mass is 10.0. The van der Waals surface area contributed by atoms with Crippen LogP contribution in [0.1, 0.15) is 31.9 Å². The number of fused-ring (bicyclic) bond motifs is 1. The molecule has 22 heavy (non-hydrogen) atoms. The van der Waals surface area contributed by atoms with Gasteiger partial charge in [-0.1, -0.05) is 18.2 Å². The zero-order valence-electron chi connectivity index (χ0n) is 12.7. The summed E-state index contributed by atoms with van der Waals surface area (Å²) in [6.07, 6.45) is 2.14. The molecule has 2 aromatic rings. The van der Waals surface area contributed by atoms with Crippen molar-refractivity contribution in [3.8, 4) is 0 Å². The number of primary sulfonamides is 1. The molecule has 0 saturated carbocycles. The lowest BCUT2D eigenvalue weighted by Gasteiger charge is -2.21. The molecule has 1 heterocycles. The Balaban J connectivity index is 2.18. The number of pyridine rings is 1. The summed E-state index contributed by atoms with van der Waals surface area (Å²) in [5, 5.41) is 9.90. The summed E-state index contributed by atoms with van der Waals surface area (Å²) in [6.45, 7) is 3.89. The first-order chi connectivity index (χ1) is 10.3. The molecule has 0 aliphatic carbocycles. The smallest absolute Gasteiger partial charge is 0.255 e. The standard InChI is InChI=1S/C15H21N3O3S/c1-10(7-8-22(16,20)21)18-11(2)14-9-17-15(19)13-6-4-3-5-12(13)14/h3-6,9-11,18H,7-8H2,1-2H3,(H,17,19)(H2,16,20,21). The zero-order valence-corrected chi connectivity index (χ0v) is 13.5. The largest absolute Gasteiger partial charge is 0.328 e. The Bertz CT molecular complexity index is 814. The number of nitrogens with one attached hydrogen (secondary N) is 2. The van der Waals surface area contributed by atoms with Crippen LogP contribution in [0.5, 0.6) is 0 Å². The molecule has 7 heteroatoms. The molecule has 0 fully saturated rings. The third-order valence-electron chi connectivity index (χ3n) is 3.68. The highest BCUT2D eigenvalue weighted by molar-refractivity contribution is 7.89. The monoisotopic (exact) mass is 323 g/mol. The summed E-state index contributed by atoms with van der Waals surface area (Å²) < 4.78 is 22.0. The summed E-state index contributed by atoms with van der Waals surface area (Å²) in [7, 11) is -3.45. The van der Waals surface area contributed by atoms with Crippen molar-refractivity contribution in [3.63, 3.8) is 0 Å². The van der Waals surface area contributed by atoms with Gasteiger partial charge < -0.3 is 10.3 Å². The molecule has 2 rings (SSSR count). The SMILES string of the molecule is CC(CCS(N)(=O)=O)NC(C)c1c[nH]c(=O)c2ccccc12. The minimum Gasteiger partial charge on any atom is -0.328 e. The molecule has 0 bridgehead atoms. The van der Waals surface area contributed by atoms with Gasteiger partial charge in [-0.25, -0.2) is 13.6 Å². The van der Waals surface area contributed by atoms with E-state index >= 15 is 0 Å². The van der Waals surface area contributed by atoms with Crippen molar-refractivity contribution >= 4 is 20.8 Å². The van der Waals surface area contributed by atoms with Gasteiger partial charge in [-0.05, 0) is 37.3 Å². The van der Waals surface area contributed by atoms with Crippen molar-refractivity contribution in [2.45, 2.75) is 32.4 Å². The highest BCUT2D eigenvalue weighted by atomic mass is 32.2. The summed E-state index contributed by atoms with van der Waals surface area (Å²) in [5.74, 6) is -0.0553. The molecule has 0 saturated heterocycles. The Morgan fingerprint density at radius 2 is 1.86 bits per heavy atom. The number of aromatic nitrogens is 1. The molecule has 1 aromatic carbocycles. The lowest BCUT2D eigenvalue weighted by Crippen LogP contribution is -2.32. The van der Waals surface area contributed by atoms with Gasteiger partial charge in [-0.2, -0.15) is 0 Å². The second-order valence-corrected chi connectivity index (χ2v) is 7.30. The highest BCUT2D eigenvalue weighted by Gasteiger charge is 2.15. The van der Waals surface area contributed by atoms with E-state index in [9.17, 15) is 13.2 Å². The number of aromatic amines is 1. The van der Waals surface area contributed by atoms with Crippen LogP contribution in [0, 0.1) is 0 Å². The molecule has 0 aliphatic rings. The Kier molecular flexibility index (Phi) is 5.00. The summed E-state index contributed by atoms with van der Waals surface area (Å²) in [5.41, 5.74) is 0.853. The molecule has 0 aliphatic heterocycles. The van der Waals surface area contributed by atoms with Crippen molar-refractivity contribution in [3.05, 3.63) is 46.4 Å². The van der Waals surface area contributed by atoms with Crippen molar-refractivity contribution in [2.75, 3.05) is 5.75 Å². The van der Waals surface area contributed by atoms with Crippen LogP contribution in [0.4, 0.5) is 0 Å². The van der Waals surface area contributed by atoms with Crippen LogP contribution in [0.25, 0.3) is 10.8 Å².